The van der Waals surface area contributed by atoms with Crippen LogP contribution < -0.4 is 0 Å². The molecule has 2 aromatic rings. The number of pyridine rings is 1. The molecule has 0 atom stereocenters. The third-order valence-corrected chi connectivity index (χ3v) is 2.80. The summed E-state index contributed by atoms with van der Waals surface area (Å²) in [5.41, 5.74) is 0. The van der Waals surface area contributed by atoms with E-state index in [-0.39, 0.29) is 11.5 Å². The fraction of sp³-hybridized carbons (Fsp3) is 0. The van der Waals surface area contributed by atoms with Crippen molar-refractivity contribution in [3.05, 3.63) is 22.0 Å². The van der Waals surface area contributed by atoms with Crippen LogP contribution in [-0.2, 0) is 0 Å². The first kappa shape index (κ1) is 9.32. The quantitative estimate of drug-likeness (QED) is 0.514. The highest BCUT2D eigenvalue weighted by atomic mass is 127. The summed E-state index contributed by atoms with van der Waals surface area (Å²) in [5.74, 6) is -1.19. The largest absolute Gasteiger partial charge is 0.504 e. The summed E-state index contributed by atoms with van der Waals surface area (Å²) in [4.78, 5) is 3.88. The van der Waals surface area contributed by atoms with Crippen LogP contribution in [0.25, 0.3) is 10.8 Å². The summed E-state index contributed by atoms with van der Waals surface area (Å²) in [5, 5.41) is 29.1. The van der Waals surface area contributed by atoms with Crippen molar-refractivity contribution in [1.29, 1.82) is 0 Å². The van der Waals surface area contributed by atoms with Crippen molar-refractivity contribution in [1.82, 2.24) is 4.98 Å². The van der Waals surface area contributed by atoms with Crippen LogP contribution in [0.15, 0.2) is 18.5 Å². The van der Waals surface area contributed by atoms with Gasteiger partial charge in [-0.05, 0) is 28.7 Å². The minimum atomic E-state index is -0.513. The molecule has 0 spiro atoms. The minimum absolute atomic E-state index is 0.334. The highest BCUT2D eigenvalue weighted by molar-refractivity contribution is 14.1. The lowest BCUT2D eigenvalue weighted by molar-refractivity contribution is 0.371. The lowest BCUT2D eigenvalue weighted by atomic mass is 10.1. The first-order valence-electron chi connectivity index (χ1n) is 3.78. The van der Waals surface area contributed by atoms with Crippen LogP contribution in [0.1, 0.15) is 0 Å². The molecule has 5 heteroatoms. The van der Waals surface area contributed by atoms with Gasteiger partial charge in [-0.1, -0.05) is 0 Å². The fourth-order valence-corrected chi connectivity index (χ4v) is 1.84. The molecule has 0 aliphatic carbocycles. The molecule has 0 amide bonds. The van der Waals surface area contributed by atoms with E-state index in [2.05, 4.69) is 4.98 Å². The maximum atomic E-state index is 9.51. The van der Waals surface area contributed by atoms with Crippen molar-refractivity contribution >= 4 is 33.4 Å². The van der Waals surface area contributed by atoms with E-state index in [1.807, 2.05) is 22.6 Å². The van der Waals surface area contributed by atoms with Gasteiger partial charge in [0.05, 0.1) is 0 Å². The molecule has 2 rings (SSSR count). The molecule has 0 radical (unpaired) electrons. The highest BCUT2D eigenvalue weighted by Gasteiger charge is 2.12. The Bertz CT molecular complexity index is 513. The zero-order chi connectivity index (χ0) is 10.3. The topological polar surface area (TPSA) is 73.6 Å². The Labute approximate surface area is 93.0 Å². The summed E-state index contributed by atoms with van der Waals surface area (Å²) in [6.07, 6.45) is 3.05. The predicted octanol–water partition coefficient (Wildman–Crippen LogP) is 1.96. The third kappa shape index (κ3) is 1.24. The molecule has 0 aliphatic heterocycles. The summed E-state index contributed by atoms with van der Waals surface area (Å²) >= 11 is 2.04. The number of aromatic hydroxyl groups is 3. The number of aromatic nitrogens is 1. The monoisotopic (exact) mass is 303 g/mol. The SMILES string of the molecule is Oc1cc2c(I)cncc2c(O)c1O. The number of phenols is 3. The van der Waals surface area contributed by atoms with Crippen LogP contribution in [0.2, 0.25) is 0 Å². The first-order chi connectivity index (χ1) is 6.61. The Hall–Kier alpha value is -1.24. The molecule has 0 saturated carbocycles. The second kappa shape index (κ2) is 3.16. The van der Waals surface area contributed by atoms with E-state index >= 15 is 0 Å². The maximum Gasteiger partial charge on any atom is 0.201 e. The van der Waals surface area contributed by atoms with Gasteiger partial charge in [0.1, 0.15) is 0 Å². The summed E-state index contributed by atoms with van der Waals surface area (Å²) in [7, 11) is 0. The zero-order valence-electron chi connectivity index (χ0n) is 6.90. The van der Waals surface area contributed by atoms with Crippen molar-refractivity contribution in [2.24, 2.45) is 0 Å². The number of hydrogen-bond acceptors (Lipinski definition) is 4. The lowest BCUT2D eigenvalue weighted by Gasteiger charge is -2.05. The van der Waals surface area contributed by atoms with Gasteiger partial charge in [-0.25, -0.2) is 0 Å². The second-order valence-corrected chi connectivity index (χ2v) is 3.97. The van der Waals surface area contributed by atoms with Crippen LogP contribution in [0.5, 0.6) is 17.2 Å². The van der Waals surface area contributed by atoms with Crippen LogP contribution in [0.4, 0.5) is 0 Å². The van der Waals surface area contributed by atoms with Gasteiger partial charge in [0.15, 0.2) is 11.5 Å². The maximum absolute atomic E-state index is 9.51. The Morgan fingerprint density at radius 1 is 1.00 bits per heavy atom. The van der Waals surface area contributed by atoms with Gasteiger partial charge in [0.25, 0.3) is 0 Å². The summed E-state index contributed by atoms with van der Waals surface area (Å²) in [6.45, 7) is 0. The minimum Gasteiger partial charge on any atom is -0.504 e. The molecule has 0 saturated heterocycles. The van der Waals surface area contributed by atoms with Crippen molar-refractivity contribution in [2.75, 3.05) is 0 Å². The molecule has 72 valence electrons. The number of nitrogens with zero attached hydrogens (tertiary/aromatic N) is 1. The molecule has 1 aromatic heterocycles. The molecule has 0 bridgehead atoms. The van der Waals surface area contributed by atoms with Crippen LogP contribution >= 0.6 is 22.6 Å². The number of phenolic OH excluding ortho intramolecular Hbond substituents is 3. The Morgan fingerprint density at radius 2 is 1.71 bits per heavy atom. The normalized spacial score (nSPS) is 10.6. The van der Waals surface area contributed by atoms with Crippen LogP contribution in [0, 0.1) is 3.57 Å². The van der Waals surface area contributed by atoms with Crippen molar-refractivity contribution in [2.45, 2.75) is 0 Å². The number of hydrogen-bond donors (Lipinski definition) is 3. The van der Waals surface area contributed by atoms with Crippen molar-refractivity contribution in [3.63, 3.8) is 0 Å². The number of fused-ring (bicyclic) bond motifs is 1. The van der Waals surface area contributed by atoms with Crippen LogP contribution in [0.3, 0.4) is 0 Å². The van der Waals surface area contributed by atoms with E-state index in [0.717, 1.165) is 3.57 Å². The zero-order valence-corrected chi connectivity index (χ0v) is 9.06. The van der Waals surface area contributed by atoms with E-state index in [1.165, 1.54) is 12.3 Å². The fourth-order valence-electron chi connectivity index (χ4n) is 1.23. The van der Waals surface area contributed by atoms with Crippen molar-refractivity contribution < 1.29 is 15.3 Å². The average Bonchev–Trinajstić information content (AvgIpc) is 2.17. The van der Waals surface area contributed by atoms with Gasteiger partial charge in [0, 0.05) is 26.7 Å². The molecule has 1 heterocycles. The molecular weight excluding hydrogens is 297 g/mol. The standard InChI is InChI=1S/C9H6INO3/c10-6-3-11-2-5-4(6)1-7(12)9(14)8(5)13/h1-3,12-14H. The Balaban J connectivity index is 2.98. The van der Waals surface area contributed by atoms with E-state index in [9.17, 15) is 15.3 Å². The molecule has 3 N–H and O–H groups in total. The van der Waals surface area contributed by atoms with E-state index in [4.69, 9.17) is 0 Å². The number of benzene rings is 1. The second-order valence-electron chi connectivity index (χ2n) is 2.81. The Morgan fingerprint density at radius 3 is 2.43 bits per heavy atom. The van der Waals surface area contributed by atoms with E-state index < -0.39 is 5.75 Å². The molecule has 0 unspecified atom stereocenters. The van der Waals surface area contributed by atoms with Gasteiger partial charge in [-0.15, -0.1) is 0 Å². The molecule has 1 aromatic carbocycles. The van der Waals surface area contributed by atoms with Gasteiger partial charge in [-0.2, -0.15) is 0 Å². The van der Waals surface area contributed by atoms with Crippen molar-refractivity contribution in [3.8, 4) is 17.2 Å². The predicted molar refractivity (Wildman–Crippen MR) is 59.5 cm³/mol. The third-order valence-electron chi connectivity index (χ3n) is 1.94. The summed E-state index contributed by atoms with van der Waals surface area (Å²) in [6, 6.07) is 1.40. The van der Waals surface area contributed by atoms with Gasteiger partial charge >= 0.3 is 0 Å². The smallest absolute Gasteiger partial charge is 0.201 e. The molecule has 0 fully saturated rings. The average molecular weight is 303 g/mol. The van der Waals surface area contributed by atoms with Gasteiger partial charge in [0.2, 0.25) is 5.75 Å². The van der Waals surface area contributed by atoms with E-state index in [0.29, 0.717) is 10.8 Å². The van der Waals surface area contributed by atoms with Gasteiger partial charge < -0.3 is 15.3 Å². The molecule has 4 nitrogen and oxygen atoms in total. The molecule has 14 heavy (non-hydrogen) atoms. The number of rotatable bonds is 0. The van der Waals surface area contributed by atoms with Crippen LogP contribution in [-0.4, -0.2) is 20.3 Å². The van der Waals surface area contributed by atoms with E-state index in [1.54, 1.807) is 6.20 Å². The highest BCUT2D eigenvalue weighted by Crippen LogP contribution is 2.41. The number of halogens is 1. The molecular formula is C9H6INO3. The Kier molecular flexibility index (Phi) is 2.10. The molecule has 0 aliphatic rings. The van der Waals surface area contributed by atoms with Gasteiger partial charge in [-0.3, -0.25) is 4.98 Å². The first-order valence-corrected chi connectivity index (χ1v) is 4.86. The lowest BCUT2D eigenvalue weighted by Crippen LogP contribution is -1.82. The summed E-state index contributed by atoms with van der Waals surface area (Å²) < 4.78 is 0.797.